The second kappa shape index (κ2) is 4.27. The molecule has 0 spiro atoms. The average molecular weight is 241 g/mol. The summed E-state index contributed by atoms with van der Waals surface area (Å²) < 4.78 is 5.90. The summed E-state index contributed by atoms with van der Waals surface area (Å²) in [6.45, 7) is 4.14. The third kappa shape index (κ3) is 2.33. The molecule has 2 aliphatic rings. The van der Waals surface area contributed by atoms with E-state index in [1.165, 1.54) is 19.3 Å². The highest BCUT2D eigenvalue weighted by atomic mass is 16.5. The van der Waals surface area contributed by atoms with E-state index in [0.29, 0.717) is 6.04 Å². The molecule has 1 saturated carbocycles. The van der Waals surface area contributed by atoms with Gasteiger partial charge < -0.3 is 4.74 Å². The van der Waals surface area contributed by atoms with Crippen LogP contribution >= 0.6 is 0 Å². The summed E-state index contributed by atoms with van der Waals surface area (Å²) in [5.74, 6) is 0.961. The molecule has 2 heteroatoms. The quantitative estimate of drug-likeness (QED) is 0.721. The second-order valence-corrected chi connectivity index (χ2v) is 5.70. The van der Waals surface area contributed by atoms with Crippen molar-refractivity contribution in [1.29, 1.82) is 0 Å². The average Bonchev–Trinajstić information content (AvgIpc) is 2.26. The first-order chi connectivity index (χ1) is 8.62. The Morgan fingerprint density at radius 1 is 1.33 bits per heavy atom. The molecule has 0 aromatic heterocycles. The molecule has 18 heavy (non-hydrogen) atoms. The van der Waals surface area contributed by atoms with E-state index in [4.69, 9.17) is 4.74 Å². The van der Waals surface area contributed by atoms with Gasteiger partial charge in [-0.25, -0.2) is 0 Å². The lowest BCUT2D eigenvalue weighted by molar-refractivity contribution is 0.159. The van der Waals surface area contributed by atoms with Crippen molar-refractivity contribution >= 4 is 12.3 Å². The normalized spacial score (nSPS) is 21.4. The fourth-order valence-corrected chi connectivity index (χ4v) is 2.21. The molecule has 3 rings (SSSR count). The van der Waals surface area contributed by atoms with Gasteiger partial charge in [-0.05, 0) is 62.9 Å². The summed E-state index contributed by atoms with van der Waals surface area (Å²) in [5, 5.41) is 0. The van der Waals surface area contributed by atoms with Crippen LogP contribution in [0.5, 0.6) is 5.75 Å². The first-order valence-electron chi connectivity index (χ1n) is 6.68. The zero-order valence-corrected chi connectivity index (χ0v) is 11.0. The number of benzene rings is 1. The lowest BCUT2D eigenvalue weighted by Gasteiger charge is -2.27. The Balaban J connectivity index is 1.81. The molecule has 0 atom stereocenters. The lowest BCUT2D eigenvalue weighted by Crippen LogP contribution is -2.27. The summed E-state index contributed by atoms with van der Waals surface area (Å²) in [6.07, 6.45) is 10.1. The molecule has 0 N–H and O–H groups in total. The standard InChI is InChI=1S/C16H19NO/c1-16(2)9-8-13-10-12(6-7-15(13)18-16)11-17-14-4-3-5-14/h6-11,14H,3-5H2,1-2H3. The monoisotopic (exact) mass is 241 g/mol. The zero-order chi connectivity index (χ0) is 12.6. The fraction of sp³-hybridized carbons (Fsp3) is 0.438. The summed E-state index contributed by atoms with van der Waals surface area (Å²) in [4.78, 5) is 4.59. The van der Waals surface area contributed by atoms with Gasteiger partial charge in [0.25, 0.3) is 0 Å². The Hall–Kier alpha value is -1.57. The van der Waals surface area contributed by atoms with Gasteiger partial charge in [-0.3, -0.25) is 4.99 Å². The van der Waals surface area contributed by atoms with Crippen molar-refractivity contribution in [1.82, 2.24) is 0 Å². The van der Waals surface area contributed by atoms with Gasteiger partial charge in [0.05, 0.1) is 0 Å². The van der Waals surface area contributed by atoms with Crippen molar-refractivity contribution in [3.63, 3.8) is 0 Å². The molecule has 94 valence electrons. The van der Waals surface area contributed by atoms with Crippen molar-refractivity contribution in [2.75, 3.05) is 0 Å². The number of fused-ring (bicyclic) bond motifs is 1. The molecule has 0 amide bonds. The van der Waals surface area contributed by atoms with Gasteiger partial charge in [0.1, 0.15) is 11.4 Å². The van der Waals surface area contributed by atoms with E-state index in [1.54, 1.807) is 0 Å². The molecule has 1 aliphatic carbocycles. The first kappa shape index (κ1) is 11.5. The Morgan fingerprint density at radius 2 is 2.17 bits per heavy atom. The van der Waals surface area contributed by atoms with Gasteiger partial charge in [0.15, 0.2) is 0 Å². The third-order valence-electron chi connectivity index (χ3n) is 3.58. The largest absolute Gasteiger partial charge is 0.483 e. The molecular formula is C16H19NO. The van der Waals surface area contributed by atoms with Crippen LogP contribution in [0.1, 0.15) is 44.2 Å². The second-order valence-electron chi connectivity index (χ2n) is 5.70. The first-order valence-corrected chi connectivity index (χ1v) is 6.68. The Labute approximate surface area is 108 Å². The van der Waals surface area contributed by atoms with Crippen LogP contribution < -0.4 is 4.74 Å². The van der Waals surface area contributed by atoms with Crippen molar-refractivity contribution < 1.29 is 4.74 Å². The van der Waals surface area contributed by atoms with E-state index in [9.17, 15) is 0 Å². The van der Waals surface area contributed by atoms with Crippen LogP contribution in [0, 0.1) is 0 Å². The molecule has 1 aromatic carbocycles. The zero-order valence-electron chi connectivity index (χ0n) is 11.0. The highest BCUT2D eigenvalue weighted by molar-refractivity contribution is 5.82. The predicted octanol–water partition coefficient (Wildman–Crippen LogP) is 3.84. The van der Waals surface area contributed by atoms with Crippen molar-refractivity contribution in [2.24, 2.45) is 4.99 Å². The van der Waals surface area contributed by atoms with Gasteiger partial charge in [0.2, 0.25) is 0 Å². The van der Waals surface area contributed by atoms with E-state index in [0.717, 1.165) is 16.9 Å². The molecule has 0 unspecified atom stereocenters. The number of rotatable bonds is 2. The predicted molar refractivity (Wildman–Crippen MR) is 75.4 cm³/mol. The van der Waals surface area contributed by atoms with E-state index in [-0.39, 0.29) is 5.60 Å². The minimum Gasteiger partial charge on any atom is -0.483 e. The van der Waals surface area contributed by atoms with E-state index in [2.05, 4.69) is 43.1 Å². The molecule has 0 bridgehead atoms. The minimum atomic E-state index is -0.200. The smallest absolute Gasteiger partial charge is 0.127 e. The van der Waals surface area contributed by atoms with E-state index >= 15 is 0 Å². The number of hydrogen-bond acceptors (Lipinski definition) is 2. The topological polar surface area (TPSA) is 21.6 Å². The lowest BCUT2D eigenvalue weighted by atomic mass is 9.94. The van der Waals surface area contributed by atoms with Crippen molar-refractivity contribution in [2.45, 2.75) is 44.8 Å². The van der Waals surface area contributed by atoms with Gasteiger partial charge in [-0.15, -0.1) is 0 Å². The van der Waals surface area contributed by atoms with Crippen LogP contribution in [0.3, 0.4) is 0 Å². The van der Waals surface area contributed by atoms with E-state index in [1.807, 2.05) is 12.3 Å². The van der Waals surface area contributed by atoms with Gasteiger partial charge in [-0.2, -0.15) is 0 Å². The molecule has 2 nitrogen and oxygen atoms in total. The van der Waals surface area contributed by atoms with Crippen LogP contribution in [0.15, 0.2) is 29.3 Å². The summed E-state index contributed by atoms with van der Waals surface area (Å²) in [5.41, 5.74) is 2.11. The maximum atomic E-state index is 5.90. The van der Waals surface area contributed by atoms with Gasteiger partial charge in [0, 0.05) is 17.8 Å². The Bertz CT molecular complexity index is 510. The molecule has 1 aromatic rings. The van der Waals surface area contributed by atoms with Crippen LogP contribution in [0.2, 0.25) is 0 Å². The summed E-state index contributed by atoms with van der Waals surface area (Å²) in [6, 6.07) is 6.83. The molecule has 1 heterocycles. The minimum absolute atomic E-state index is 0.200. The maximum absolute atomic E-state index is 5.90. The van der Waals surface area contributed by atoms with Crippen LogP contribution in [0.25, 0.3) is 6.08 Å². The molecule has 1 fully saturated rings. The van der Waals surface area contributed by atoms with Gasteiger partial charge >= 0.3 is 0 Å². The van der Waals surface area contributed by atoms with Crippen molar-refractivity contribution in [3.8, 4) is 5.75 Å². The van der Waals surface area contributed by atoms with Gasteiger partial charge in [-0.1, -0.05) is 6.08 Å². The summed E-state index contributed by atoms with van der Waals surface area (Å²) in [7, 11) is 0. The SMILES string of the molecule is CC1(C)C=Cc2cc(C=NC3CCC3)ccc2O1. The molecule has 0 saturated heterocycles. The molecule has 1 aliphatic heterocycles. The molecular weight excluding hydrogens is 222 g/mol. The Kier molecular flexibility index (Phi) is 2.73. The number of hydrogen-bond donors (Lipinski definition) is 0. The summed E-state index contributed by atoms with van der Waals surface area (Å²) >= 11 is 0. The third-order valence-corrected chi connectivity index (χ3v) is 3.58. The van der Waals surface area contributed by atoms with Crippen molar-refractivity contribution in [3.05, 3.63) is 35.4 Å². The maximum Gasteiger partial charge on any atom is 0.127 e. The number of ether oxygens (including phenoxy) is 1. The Morgan fingerprint density at radius 3 is 2.89 bits per heavy atom. The highest BCUT2D eigenvalue weighted by Gasteiger charge is 2.21. The number of nitrogens with zero attached hydrogens (tertiary/aromatic N) is 1. The van der Waals surface area contributed by atoms with Crippen LogP contribution in [-0.4, -0.2) is 17.9 Å². The highest BCUT2D eigenvalue weighted by Crippen LogP contribution is 2.31. The van der Waals surface area contributed by atoms with E-state index < -0.39 is 0 Å². The number of aliphatic imine (C=N–C) groups is 1. The van der Waals surface area contributed by atoms with Crippen LogP contribution in [0.4, 0.5) is 0 Å². The fourth-order valence-electron chi connectivity index (χ4n) is 2.21. The van der Waals surface area contributed by atoms with Crippen LogP contribution in [-0.2, 0) is 0 Å². The molecule has 0 radical (unpaired) electrons.